The molecule has 0 bridgehead atoms. The van der Waals surface area contributed by atoms with Gasteiger partial charge in [-0.2, -0.15) is 0 Å². The standard InChI is InChI=1S/C29H29NO5/c1-17(2)16-35-24-13-12-21(14-19(24)4)27(32)25-26(20-9-7-10-22(31)15-20)30(29(34)28(25)33)23-11-6-5-8-18(23)3/h5-15,17,26,31-32H,16H2,1-4H3/b27-25-. The van der Waals surface area contributed by atoms with Crippen LogP contribution < -0.4 is 9.64 Å². The van der Waals surface area contributed by atoms with E-state index < -0.39 is 17.7 Å². The number of carbonyl (C=O) groups is 2. The number of Topliss-reactive ketones (excluding diaryl/α,β-unsaturated/α-hetero) is 1. The summed E-state index contributed by atoms with van der Waals surface area (Å²) in [5, 5.41) is 21.5. The zero-order valence-electron chi connectivity index (χ0n) is 20.3. The van der Waals surface area contributed by atoms with Gasteiger partial charge in [0.25, 0.3) is 11.7 Å². The summed E-state index contributed by atoms with van der Waals surface area (Å²) in [6.45, 7) is 8.40. The number of aliphatic hydroxyl groups is 1. The van der Waals surface area contributed by atoms with Crippen molar-refractivity contribution in [1.82, 2.24) is 0 Å². The van der Waals surface area contributed by atoms with Gasteiger partial charge < -0.3 is 14.9 Å². The first-order valence-electron chi connectivity index (χ1n) is 11.6. The molecule has 0 saturated carbocycles. The highest BCUT2D eigenvalue weighted by atomic mass is 16.5. The van der Waals surface area contributed by atoms with Crippen molar-refractivity contribution >= 4 is 23.1 Å². The smallest absolute Gasteiger partial charge is 0.300 e. The molecule has 1 fully saturated rings. The van der Waals surface area contributed by atoms with Gasteiger partial charge in [0, 0.05) is 11.3 Å². The van der Waals surface area contributed by atoms with Crippen LogP contribution in [0.15, 0.2) is 72.3 Å². The fourth-order valence-corrected chi connectivity index (χ4v) is 4.30. The average Bonchev–Trinajstić information content (AvgIpc) is 3.08. The molecule has 1 amide bonds. The van der Waals surface area contributed by atoms with Gasteiger partial charge in [-0.3, -0.25) is 14.5 Å². The van der Waals surface area contributed by atoms with Crippen LogP contribution in [0.3, 0.4) is 0 Å². The number of aryl methyl sites for hydroxylation is 2. The summed E-state index contributed by atoms with van der Waals surface area (Å²) in [5.74, 6) is -0.728. The predicted octanol–water partition coefficient (Wildman–Crippen LogP) is 5.67. The van der Waals surface area contributed by atoms with Crippen LogP contribution in [-0.4, -0.2) is 28.5 Å². The first-order valence-corrected chi connectivity index (χ1v) is 11.6. The highest BCUT2D eigenvalue weighted by molar-refractivity contribution is 6.51. The maximum Gasteiger partial charge on any atom is 0.300 e. The number of phenols is 1. The summed E-state index contributed by atoms with van der Waals surface area (Å²) in [4.78, 5) is 28.0. The molecular weight excluding hydrogens is 442 g/mol. The van der Waals surface area contributed by atoms with Crippen LogP contribution in [0.2, 0.25) is 0 Å². The van der Waals surface area contributed by atoms with Gasteiger partial charge >= 0.3 is 0 Å². The molecule has 0 radical (unpaired) electrons. The number of hydrogen-bond acceptors (Lipinski definition) is 5. The van der Waals surface area contributed by atoms with Crippen molar-refractivity contribution < 1.29 is 24.5 Å². The number of nitrogens with zero attached hydrogens (tertiary/aromatic N) is 1. The topological polar surface area (TPSA) is 87.1 Å². The molecular formula is C29H29NO5. The second-order valence-electron chi connectivity index (χ2n) is 9.24. The molecule has 0 spiro atoms. The SMILES string of the molecule is Cc1cc(/C(O)=C2/C(=O)C(=O)N(c3ccccc3C)C2c2cccc(O)c2)ccc1OCC(C)C. The molecule has 35 heavy (non-hydrogen) atoms. The highest BCUT2D eigenvalue weighted by Gasteiger charge is 2.47. The molecule has 6 nitrogen and oxygen atoms in total. The van der Waals surface area contributed by atoms with E-state index >= 15 is 0 Å². The number of anilines is 1. The van der Waals surface area contributed by atoms with E-state index in [0.717, 1.165) is 11.1 Å². The molecule has 180 valence electrons. The molecule has 6 heteroatoms. The van der Waals surface area contributed by atoms with Crippen molar-refractivity contribution in [3.8, 4) is 11.5 Å². The van der Waals surface area contributed by atoms with Gasteiger partial charge in [-0.1, -0.05) is 44.2 Å². The molecule has 1 heterocycles. The Morgan fingerprint density at radius 3 is 2.37 bits per heavy atom. The van der Waals surface area contributed by atoms with E-state index in [1.807, 2.05) is 26.0 Å². The Labute approximate surface area is 205 Å². The quantitative estimate of drug-likeness (QED) is 0.275. The summed E-state index contributed by atoms with van der Waals surface area (Å²) in [6.07, 6.45) is 0. The number of ketones is 1. The summed E-state index contributed by atoms with van der Waals surface area (Å²) >= 11 is 0. The molecule has 1 aliphatic heterocycles. The van der Waals surface area contributed by atoms with Gasteiger partial charge in [-0.25, -0.2) is 0 Å². The molecule has 1 unspecified atom stereocenters. The number of aromatic hydroxyl groups is 1. The number of hydrogen-bond donors (Lipinski definition) is 2. The molecule has 1 aliphatic rings. The lowest BCUT2D eigenvalue weighted by atomic mass is 9.94. The molecule has 0 aromatic heterocycles. The molecule has 3 aromatic rings. The van der Waals surface area contributed by atoms with Crippen LogP contribution in [-0.2, 0) is 9.59 Å². The van der Waals surface area contributed by atoms with Gasteiger partial charge in [0.05, 0.1) is 18.2 Å². The Hall–Kier alpha value is -4.06. The molecule has 1 saturated heterocycles. The third-order valence-corrected chi connectivity index (χ3v) is 6.03. The van der Waals surface area contributed by atoms with Crippen LogP contribution >= 0.6 is 0 Å². The van der Waals surface area contributed by atoms with E-state index in [0.29, 0.717) is 35.1 Å². The summed E-state index contributed by atoms with van der Waals surface area (Å²) < 4.78 is 5.83. The van der Waals surface area contributed by atoms with Gasteiger partial charge in [0.2, 0.25) is 0 Å². The molecule has 0 aliphatic carbocycles. The third kappa shape index (κ3) is 4.64. The fraction of sp³-hybridized carbons (Fsp3) is 0.241. The Morgan fingerprint density at radius 2 is 1.71 bits per heavy atom. The van der Waals surface area contributed by atoms with E-state index in [-0.39, 0.29) is 17.1 Å². The van der Waals surface area contributed by atoms with Crippen molar-refractivity contribution in [2.45, 2.75) is 33.7 Å². The Morgan fingerprint density at radius 1 is 0.971 bits per heavy atom. The molecule has 4 rings (SSSR count). The lowest BCUT2D eigenvalue weighted by molar-refractivity contribution is -0.132. The minimum atomic E-state index is -0.902. The van der Waals surface area contributed by atoms with E-state index in [1.54, 1.807) is 42.5 Å². The second kappa shape index (κ2) is 9.66. The fourth-order valence-electron chi connectivity index (χ4n) is 4.30. The number of phenolic OH excluding ortho intramolecular Hbond substituents is 1. The largest absolute Gasteiger partial charge is 0.508 e. The number of carbonyl (C=O) groups excluding carboxylic acids is 2. The molecule has 3 aromatic carbocycles. The van der Waals surface area contributed by atoms with Crippen molar-refractivity contribution in [3.05, 3.63) is 94.6 Å². The molecule has 1 atom stereocenters. The lowest BCUT2D eigenvalue weighted by Crippen LogP contribution is -2.30. The number of amides is 1. The van der Waals surface area contributed by atoms with Crippen molar-refractivity contribution in [1.29, 1.82) is 0 Å². The minimum absolute atomic E-state index is 0.000343. The lowest BCUT2D eigenvalue weighted by Gasteiger charge is -2.27. The zero-order chi connectivity index (χ0) is 25.3. The first kappa shape index (κ1) is 24.1. The third-order valence-electron chi connectivity index (χ3n) is 6.03. The zero-order valence-corrected chi connectivity index (χ0v) is 20.3. The maximum atomic E-state index is 13.3. The summed E-state index contributed by atoms with van der Waals surface area (Å²) in [7, 11) is 0. The van der Waals surface area contributed by atoms with Crippen LogP contribution in [0.5, 0.6) is 11.5 Å². The Bertz CT molecular complexity index is 1320. The minimum Gasteiger partial charge on any atom is -0.508 e. The molecule has 2 N–H and O–H groups in total. The van der Waals surface area contributed by atoms with Crippen molar-refractivity contribution in [2.75, 3.05) is 11.5 Å². The summed E-state index contributed by atoms with van der Waals surface area (Å²) in [5.41, 5.74) is 3.07. The predicted molar refractivity (Wildman–Crippen MR) is 136 cm³/mol. The average molecular weight is 472 g/mol. The number of para-hydroxylation sites is 1. The van der Waals surface area contributed by atoms with Gasteiger partial charge in [-0.05, 0) is 72.9 Å². The number of rotatable bonds is 6. The first-order chi connectivity index (χ1) is 16.7. The van der Waals surface area contributed by atoms with Crippen molar-refractivity contribution in [3.63, 3.8) is 0 Å². The Kier molecular flexibility index (Phi) is 6.65. The van der Waals surface area contributed by atoms with Crippen molar-refractivity contribution in [2.24, 2.45) is 5.92 Å². The van der Waals surface area contributed by atoms with Crippen LogP contribution in [0.1, 0.15) is 42.1 Å². The van der Waals surface area contributed by atoms with Crippen LogP contribution in [0.25, 0.3) is 5.76 Å². The Balaban J connectivity index is 1.87. The number of aliphatic hydroxyl groups excluding tert-OH is 1. The van der Waals surface area contributed by atoms with Gasteiger partial charge in [0.15, 0.2) is 0 Å². The van der Waals surface area contributed by atoms with E-state index in [2.05, 4.69) is 13.8 Å². The number of benzene rings is 3. The van der Waals surface area contributed by atoms with E-state index in [4.69, 9.17) is 4.74 Å². The van der Waals surface area contributed by atoms with E-state index in [1.165, 1.54) is 17.0 Å². The summed E-state index contributed by atoms with van der Waals surface area (Å²) in [6, 6.07) is 17.9. The van der Waals surface area contributed by atoms with Crippen LogP contribution in [0, 0.1) is 19.8 Å². The monoisotopic (exact) mass is 471 g/mol. The van der Waals surface area contributed by atoms with E-state index in [9.17, 15) is 19.8 Å². The van der Waals surface area contributed by atoms with Gasteiger partial charge in [0.1, 0.15) is 17.3 Å². The number of ether oxygens (including phenoxy) is 1. The highest BCUT2D eigenvalue weighted by Crippen LogP contribution is 2.43. The van der Waals surface area contributed by atoms with Crippen LogP contribution in [0.4, 0.5) is 5.69 Å². The normalized spacial score (nSPS) is 17.3. The maximum absolute atomic E-state index is 13.3. The van der Waals surface area contributed by atoms with Gasteiger partial charge in [-0.15, -0.1) is 0 Å². The second-order valence-corrected chi connectivity index (χ2v) is 9.24.